The van der Waals surface area contributed by atoms with Gasteiger partial charge >= 0.3 is 6.08 Å². The minimum Gasteiger partial charge on any atom is -0.313 e. The van der Waals surface area contributed by atoms with E-state index in [1.54, 1.807) is 0 Å². The molecule has 2 heterocycles. The zero-order valence-corrected chi connectivity index (χ0v) is 7.13. The van der Waals surface area contributed by atoms with Crippen LogP contribution in [0, 0.1) is 6.08 Å². The highest BCUT2D eigenvalue weighted by atomic mass is 19.1. The Hall–Kier alpha value is -1.29. The van der Waals surface area contributed by atoms with Crippen LogP contribution in [0.5, 0.6) is 0 Å². The summed E-state index contributed by atoms with van der Waals surface area (Å²) in [5, 5.41) is 3.20. The Labute approximate surface area is 75.7 Å². The highest BCUT2D eigenvalue weighted by Gasteiger charge is 2.06. The van der Waals surface area contributed by atoms with Crippen LogP contribution in [-0.2, 0) is 0 Å². The average molecular weight is 179 g/mol. The Kier molecular flexibility index (Phi) is 2.31. The predicted octanol–water partition coefficient (Wildman–Crippen LogP) is 0.992. The van der Waals surface area contributed by atoms with E-state index >= 15 is 0 Å². The van der Waals surface area contributed by atoms with Crippen molar-refractivity contribution in [2.24, 2.45) is 0 Å². The first-order chi connectivity index (χ1) is 6.36. The van der Waals surface area contributed by atoms with Crippen molar-refractivity contribution in [3.05, 3.63) is 30.1 Å². The molecule has 1 aromatic heterocycles. The zero-order valence-electron chi connectivity index (χ0n) is 7.13. The topological polar surface area (TPSA) is 37.8 Å². The summed E-state index contributed by atoms with van der Waals surface area (Å²) in [4.78, 5) is 7.03. The molecule has 2 rings (SSSR count). The van der Waals surface area contributed by atoms with E-state index in [1.165, 1.54) is 18.0 Å². The van der Waals surface area contributed by atoms with E-state index in [0.717, 1.165) is 25.1 Å². The molecule has 0 amide bonds. The van der Waals surface area contributed by atoms with E-state index < -0.39 is 6.08 Å². The summed E-state index contributed by atoms with van der Waals surface area (Å²) in [6.45, 7) is 1.83. The predicted molar refractivity (Wildman–Crippen MR) is 47.5 cm³/mol. The van der Waals surface area contributed by atoms with Gasteiger partial charge in [0, 0.05) is 24.5 Å². The fraction of sp³-hybridized carbons (Fsp3) is 0.333. The molecule has 0 spiro atoms. The third-order valence-corrected chi connectivity index (χ3v) is 2.06. The van der Waals surface area contributed by atoms with Crippen molar-refractivity contribution in [2.75, 3.05) is 13.1 Å². The molecule has 0 aliphatic carbocycles. The highest BCUT2D eigenvalue weighted by molar-refractivity contribution is 5.65. The molecule has 1 N–H and O–H groups in total. The summed E-state index contributed by atoms with van der Waals surface area (Å²) in [7, 11) is 0. The number of nitrogens with one attached hydrogen (secondary N) is 1. The number of hydrogen-bond donors (Lipinski definition) is 1. The van der Waals surface area contributed by atoms with Gasteiger partial charge in [-0.1, -0.05) is 6.08 Å². The Bertz CT molecular complexity index is 318. The second kappa shape index (κ2) is 3.62. The molecular formula is C9H10FN3. The smallest absolute Gasteiger partial charge is 0.308 e. The van der Waals surface area contributed by atoms with Crippen LogP contribution in [-0.4, -0.2) is 23.1 Å². The van der Waals surface area contributed by atoms with Crippen LogP contribution in [0.4, 0.5) is 4.39 Å². The van der Waals surface area contributed by atoms with Gasteiger partial charge in [-0.15, -0.1) is 0 Å². The van der Waals surface area contributed by atoms with Crippen LogP contribution >= 0.6 is 0 Å². The van der Waals surface area contributed by atoms with Gasteiger partial charge in [-0.25, -0.2) is 9.97 Å². The van der Waals surface area contributed by atoms with Gasteiger partial charge in [0.15, 0.2) is 0 Å². The fourth-order valence-corrected chi connectivity index (χ4v) is 1.36. The standard InChI is InChI=1S/C9H10FN3/c10-9-12-5-8(6-13-9)7-1-3-11-4-2-7/h1,5-6,11H,2-4H2. The van der Waals surface area contributed by atoms with E-state index in [2.05, 4.69) is 21.4 Å². The molecule has 68 valence electrons. The van der Waals surface area contributed by atoms with Crippen LogP contribution in [0.25, 0.3) is 5.57 Å². The monoisotopic (exact) mass is 179 g/mol. The molecule has 0 atom stereocenters. The highest BCUT2D eigenvalue weighted by Crippen LogP contribution is 2.17. The van der Waals surface area contributed by atoms with Crippen molar-refractivity contribution < 1.29 is 4.39 Å². The Balaban J connectivity index is 2.24. The molecule has 1 aliphatic rings. The van der Waals surface area contributed by atoms with E-state index in [9.17, 15) is 4.39 Å². The second-order valence-corrected chi connectivity index (χ2v) is 2.92. The SMILES string of the molecule is Fc1ncc(C2=CCNCC2)cn1. The number of rotatable bonds is 1. The molecule has 0 unspecified atom stereocenters. The molecule has 0 aromatic carbocycles. The summed E-state index contributed by atoms with van der Waals surface area (Å²) in [5.41, 5.74) is 2.11. The minimum absolute atomic E-state index is 0.668. The van der Waals surface area contributed by atoms with Gasteiger partial charge in [0.05, 0.1) is 0 Å². The number of halogens is 1. The van der Waals surface area contributed by atoms with Gasteiger partial charge in [-0.2, -0.15) is 4.39 Å². The molecule has 1 aliphatic heterocycles. The minimum atomic E-state index is -0.668. The Morgan fingerprint density at radius 1 is 1.31 bits per heavy atom. The quantitative estimate of drug-likeness (QED) is 0.653. The van der Waals surface area contributed by atoms with Crippen molar-refractivity contribution in [3.63, 3.8) is 0 Å². The number of aromatic nitrogens is 2. The summed E-state index contributed by atoms with van der Waals surface area (Å²) in [6.07, 6.45) is 5.42. The van der Waals surface area contributed by atoms with Crippen LogP contribution in [0.15, 0.2) is 18.5 Å². The van der Waals surface area contributed by atoms with Gasteiger partial charge in [-0.3, -0.25) is 0 Å². The lowest BCUT2D eigenvalue weighted by atomic mass is 10.0. The van der Waals surface area contributed by atoms with E-state index in [1.807, 2.05) is 0 Å². The lowest BCUT2D eigenvalue weighted by molar-refractivity contribution is 0.538. The molecule has 0 saturated heterocycles. The van der Waals surface area contributed by atoms with Crippen LogP contribution in [0.1, 0.15) is 12.0 Å². The van der Waals surface area contributed by atoms with Crippen molar-refractivity contribution in [2.45, 2.75) is 6.42 Å². The van der Waals surface area contributed by atoms with Crippen molar-refractivity contribution >= 4 is 5.57 Å². The van der Waals surface area contributed by atoms with Gasteiger partial charge in [0.25, 0.3) is 0 Å². The molecule has 0 radical (unpaired) electrons. The second-order valence-electron chi connectivity index (χ2n) is 2.92. The van der Waals surface area contributed by atoms with Gasteiger partial charge in [0.1, 0.15) is 0 Å². The molecule has 0 saturated carbocycles. The average Bonchev–Trinajstić information content (AvgIpc) is 2.20. The summed E-state index contributed by atoms with van der Waals surface area (Å²) < 4.78 is 12.4. The lowest BCUT2D eigenvalue weighted by Gasteiger charge is -2.12. The van der Waals surface area contributed by atoms with Gasteiger partial charge in [0.2, 0.25) is 0 Å². The third kappa shape index (κ3) is 1.89. The first kappa shape index (κ1) is 8.31. The van der Waals surface area contributed by atoms with Gasteiger partial charge in [-0.05, 0) is 18.5 Å². The maximum Gasteiger partial charge on any atom is 0.308 e. The molecule has 0 bridgehead atoms. The van der Waals surface area contributed by atoms with Crippen molar-refractivity contribution in [1.82, 2.24) is 15.3 Å². The van der Waals surface area contributed by atoms with E-state index in [0.29, 0.717) is 0 Å². The number of nitrogens with zero attached hydrogens (tertiary/aromatic N) is 2. The van der Waals surface area contributed by atoms with E-state index in [-0.39, 0.29) is 0 Å². The first-order valence-electron chi connectivity index (χ1n) is 4.24. The molecule has 0 fully saturated rings. The first-order valence-corrected chi connectivity index (χ1v) is 4.24. The normalized spacial score (nSPS) is 16.8. The zero-order chi connectivity index (χ0) is 9.10. The summed E-state index contributed by atoms with van der Waals surface area (Å²) in [6, 6.07) is 0. The van der Waals surface area contributed by atoms with Crippen molar-refractivity contribution in [3.8, 4) is 0 Å². The summed E-state index contributed by atoms with van der Waals surface area (Å²) in [5.74, 6) is 0. The molecular weight excluding hydrogens is 169 g/mol. The van der Waals surface area contributed by atoms with Gasteiger partial charge < -0.3 is 5.32 Å². The maximum atomic E-state index is 12.4. The maximum absolute atomic E-state index is 12.4. The molecule has 13 heavy (non-hydrogen) atoms. The molecule has 4 heteroatoms. The van der Waals surface area contributed by atoms with E-state index in [4.69, 9.17) is 0 Å². The van der Waals surface area contributed by atoms with Crippen LogP contribution < -0.4 is 5.32 Å². The molecule has 1 aromatic rings. The third-order valence-electron chi connectivity index (χ3n) is 2.06. The lowest BCUT2D eigenvalue weighted by Crippen LogP contribution is -2.20. The Morgan fingerprint density at radius 3 is 2.69 bits per heavy atom. The van der Waals surface area contributed by atoms with Crippen molar-refractivity contribution in [1.29, 1.82) is 0 Å². The van der Waals surface area contributed by atoms with Crippen LogP contribution in [0.3, 0.4) is 0 Å². The number of hydrogen-bond acceptors (Lipinski definition) is 3. The Morgan fingerprint density at radius 2 is 2.08 bits per heavy atom. The summed E-state index contributed by atoms with van der Waals surface area (Å²) >= 11 is 0. The molecule has 3 nitrogen and oxygen atoms in total. The largest absolute Gasteiger partial charge is 0.313 e. The fourth-order valence-electron chi connectivity index (χ4n) is 1.36. The van der Waals surface area contributed by atoms with Crippen LogP contribution in [0.2, 0.25) is 0 Å².